The molecule has 0 spiro atoms. The Morgan fingerprint density at radius 3 is 2.75 bits per heavy atom. The zero-order valence-electron chi connectivity index (χ0n) is 10.9. The van der Waals surface area contributed by atoms with Gasteiger partial charge in [-0.25, -0.2) is 8.42 Å². The summed E-state index contributed by atoms with van der Waals surface area (Å²) in [4.78, 5) is 11.4. The second-order valence-corrected chi connectivity index (χ2v) is 6.65. The van der Waals surface area contributed by atoms with E-state index in [-0.39, 0.29) is 35.3 Å². The Morgan fingerprint density at radius 1 is 1.35 bits per heavy atom. The summed E-state index contributed by atoms with van der Waals surface area (Å²) in [5.41, 5.74) is 0. The van der Waals surface area contributed by atoms with Crippen molar-refractivity contribution in [2.45, 2.75) is 11.3 Å². The summed E-state index contributed by atoms with van der Waals surface area (Å²) < 4.78 is 31.2. The van der Waals surface area contributed by atoms with Crippen LogP contribution in [-0.2, 0) is 14.8 Å². The van der Waals surface area contributed by atoms with E-state index >= 15 is 0 Å². The molecule has 1 fully saturated rings. The largest absolute Gasteiger partial charge is 0.495 e. The molecule has 1 aromatic rings. The van der Waals surface area contributed by atoms with Crippen LogP contribution >= 0.6 is 11.6 Å². The molecule has 0 saturated carbocycles. The van der Waals surface area contributed by atoms with Gasteiger partial charge < -0.3 is 10.1 Å². The number of halogens is 1. The highest BCUT2D eigenvalue weighted by atomic mass is 35.5. The van der Waals surface area contributed by atoms with Crippen LogP contribution in [0.3, 0.4) is 0 Å². The number of nitrogens with zero attached hydrogens (tertiary/aromatic N) is 1. The number of nitrogens with one attached hydrogen (secondary N) is 1. The van der Waals surface area contributed by atoms with Gasteiger partial charge in [0, 0.05) is 26.1 Å². The van der Waals surface area contributed by atoms with Crippen LogP contribution in [0.15, 0.2) is 23.1 Å². The van der Waals surface area contributed by atoms with Crippen LogP contribution in [0.2, 0.25) is 5.02 Å². The van der Waals surface area contributed by atoms with Gasteiger partial charge in [0.25, 0.3) is 0 Å². The maximum absolute atomic E-state index is 12.5. The number of amides is 1. The van der Waals surface area contributed by atoms with Gasteiger partial charge in [-0.05, 0) is 18.2 Å². The van der Waals surface area contributed by atoms with Crippen molar-refractivity contribution in [3.05, 3.63) is 23.2 Å². The third-order valence-corrected chi connectivity index (χ3v) is 5.22. The van der Waals surface area contributed by atoms with Crippen molar-refractivity contribution in [2.75, 3.05) is 26.7 Å². The van der Waals surface area contributed by atoms with E-state index in [1.165, 1.54) is 29.6 Å². The number of rotatable bonds is 3. The van der Waals surface area contributed by atoms with E-state index in [9.17, 15) is 13.2 Å². The monoisotopic (exact) mass is 318 g/mol. The van der Waals surface area contributed by atoms with E-state index in [4.69, 9.17) is 16.3 Å². The minimum absolute atomic E-state index is 0.0950. The van der Waals surface area contributed by atoms with Gasteiger partial charge in [-0.2, -0.15) is 4.31 Å². The van der Waals surface area contributed by atoms with Gasteiger partial charge in [0.1, 0.15) is 5.75 Å². The number of hydrogen-bond donors (Lipinski definition) is 1. The molecule has 110 valence electrons. The first-order valence-corrected chi connectivity index (χ1v) is 7.87. The molecule has 6 nitrogen and oxygen atoms in total. The summed E-state index contributed by atoms with van der Waals surface area (Å²) in [6.45, 7) is 0.720. The van der Waals surface area contributed by atoms with Gasteiger partial charge in [-0.3, -0.25) is 4.79 Å². The smallest absolute Gasteiger partial charge is 0.243 e. The molecule has 0 radical (unpaired) electrons. The van der Waals surface area contributed by atoms with Gasteiger partial charge in [-0.1, -0.05) is 11.6 Å². The summed E-state index contributed by atoms with van der Waals surface area (Å²) in [5, 5.41) is 2.87. The lowest BCUT2D eigenvalue weighted by atomic mass is 10.3. The third kappa shape index (κ3) is 3.05. The van der Waals surface area contributed by atoms with Crippen LogP contribution < -0.4 is 10.1 Å². The molecule has 2 rings (SSSR count). The molecule has 1 saturated heterocycles. The normalized spacial score (nSPS) is 17.4. The average molecular weight is 319 g/mol. The number of sulfonamides is 1. The Bertz CT molecular complexity index is 618. The van der Waals surface area contributed by atoms with Crippen LogP contribution in [0.4, 0.5) is 0 Å². The second kappa shape index (κ2) is 5.99. The van der Waals surface area contributed by atoms with Crippen molar-refractivity contribution in [2.24, 2.45) is 0 Å². The highest BCUT2D eigenvalue weighted by molar-refractivity contribution is 7.89. The number of hydrogen-bond acceptors (Lipinski definition) is 4. The Balaban J connectivity index is 2.29. The standard InChI is InChI=1S/C12H15ClN2O4S/c1-19-11-3-2-9(8-10(11)13)20(17,18)15-6-4-12(16)14-5-7-15/h2-3,8H,4-7H2,1H3,(H,14,16). The average Bonchev–Trinajstić information content (AvgIpc) is 2.63. The van der Waals surface area contributed by atoms with E-state index in [1.807, 2.05) is 0 Å². The molecule has 0 aliphatic carbocycles. The Labute approximate surface area is 122 Å². The van der Waals surface area contributed by atoms with Crippen LogP contribution in [0.1, 0.15) is 6.42 Å². The van der Waals surface area contributed by atoms with Gasteiger partial charge in [0.05, 0.1) is 17.0 Å². The Morgan fingerprint density at radius 2 is 2.10 bits per heavy atom. The first-order valence-electron chi connectivity index (χ1n) is 6.05. The lowest BCUT2D eigenvalue weighted by Gasteiger charge is -2.19. The molecular formula is C12H15ClN2O4S. The quantitative estimate of drug-likeness (QED) is 0.897. The molecule has 0 aromatic heterocycles. The Hall–Kier alpha value is -1.31. The van der Waals surface area contributed by atoms with Crippen LogP contribution in [0, 0.1) is 0 Å². The van der Waals surface area contributed by atoms with Gasteiger partial charge in [0.2, 0.25) is 15.9 Å². The number of ether oxygens (including phenoxy) is 1. The van der Waals surface area contributed by atoms with Gasteiger partial charge >= 0.3 is 0 Å². The topological polar surface area (TPSA) is 75.7 Å². The van der Waals surface area contributed by atoms with Crippen molar-refractivity contribution >= 4 is 27.5 Å². The molecule has 1 aliphatic rings. The van der Waals surface area contributed by atoms with Gasteiger partial charge in [-0.15, -0.1) is 0 Å². The molecule has 8 heteroatoms. The minimum Gasteiger partial charge on any atom is -0.495 e. The van der Waals surface area contributed by atoms with Crippen LogP contribution in [0.25, 0.3) is 0 Å². The third-order valence-electron chi connectivity index (χ3n) is 3.03. The van der Waals surface area contributed by atoms with E-state index in [0.717, 1.165) is 0 Å². The number of carbonyl (C=O) groups excluding carboxylic acids is 1. The van der Waals surface area contributed by atoms with Crippen molar-refractivity contribution in [1.29, 1.82) is 0 Å². The molecule has 20 heavy (non-hydrogen) atoms. The molecule has 1 amide bonds. The maximum Gasteiger partial charge on any atom is 0.243 e. The minimum atomic E-state index is -3.66. The van der Waals surface area contributed by atoms with Gasteiger partial charge in [0.15, 0.2) is 0 Å². The first kappa shape index (κ1) is 15.1. The molecule has 1 aromatic carbocycles. The molecule has 1 heterocycles. The number of methoxy groups -OCH3 is 1. The second-order valence-electron chi connectivity index (χ2n) is 4.30. The molecule has 1 N–H and O–H groups in total. The first-order chi connectivity index (χ1) is 9.45. The molecule has 0 atom stereocenters. The predicted octanol–water partition coefficient (Wildman–Crippen LogP) is 0.859. The SMILES string of the molecule is COc1ccc(S(=O)(=O)N2CCNC(=O)CC2)cc1Cl. The maximum atomic E-state index is 12.5. The summed E-state index contributed by atoms with van der Waals surface area (Å²) in [5.74, 6) is 0.272. The lowest BCUT2D eigenvalue weighted by Crippen LogP contribution is -2.34. The summed E-state index contributed by atoms with van der Waals surface area (Å²) in [6, 6.07) is 4.31. The van der Waals surface area contributed by atoms with Crippen molar-refractivity contribution in [1.82, 2.24) is 9.62 Å². The predicted molar refractivity (Wildman–Crippen MR) is 74.4 cm³/mol. The zero-order chi connectivity index (χ0) is 14.8. The fourth-order valence-electron chi connectivity index (χ4n) is 1.94. The molecule has 0 bridgehead atoms. The fourth-order valence-corrected chi connectivity index (χ4v) is 3.73. The van der Waals surface area contributed by atoms with Crippen molar-refractivity contribution in [3.8, 4) is 5.75 Å². The van der Waals surface area contributed by atoms with Crippen LogP contribution in [-0.4, -0.2) is 45.4 Å². The molecular weight excluding hydrogens is 304 g/mol. The molecule has 1 aliphatic heterocycles. The summed E-state index contributed by atoms with van der Waals surface area (Å²) >= 11 is 5.96. The summed E-state index contributed by atoms with van der Waals surface area (Å²) in [7, 11) is -2.20. The number of carbonyl (C=O) groups is 1. The Kier molecular flexibility index (Phi) is 4.52. The van der Waals surface area contributed by atoms with E-state index in [0.29, 0.717) is 12.3 Å². The zero-order valence-corrected chi connectivity index (χ0v) is 12.5. The summed E-state index contributed by atoms with van der Waals surface area (Å²) in [6.07, 6.45) is 0.156. The molecule has 0 unspecified atom stereocenters. The van der Waals surface area contributed by atoms with Crippen LogP contribution in [0.5, 0.6) is 5.75 Å². The van der Waals surface area contributed by atoms with Crippen molar-refractivity contribution < 1.29 is 17.9 Å². The lowest BCUT2D eigenvalue weighted by molar-refractivity contribution is -0.120. The number of benzene rings is 1. The van der Waals surface area contributed by atoms with E-state index in [2.05, 4.69) is 5.32 Å². The fraction of sp³-hybridized carbons (Fsp3) is 0.417. The van der Waals surface area contributed by atoms with E-state index < -0.39 is 10.0 Å². The highest BCUT2D eigenvalue weighted by Gasteiger charge is 2.27. The van der Waals surface area contributed by atoms with E-state index in [1.54, 1.807) is 0 Å². The highest BCUT2D eigenvalue weighted by Crippen LogP contribution is 2.28. The van der Waals surface area contributed by atoms with Crippen molar-refractivity contribution in [3.63, 3.8) is 0 Å².